The predicted molar refractivity (Wildman–Crippen MR) is 97.2 cm³/mol. The number of hydrogen-bond acceptors (Lipinski definition) is 3. The predicted octanol–water partition coefficient (Wildman–Crippen LogP) is 4.50. The number of ether oxygens (including phenoxy) is 1. The van der Waals surface area contributed by atoms with Crippen LogP contribution in [0.25, 0.3) is 22.2 Å². The first kappa shape index (κ1) is 16.0. The van der Waals surface area contributed by atoms with Gasteiger partial charge in [0.1, 0.15) is 5.75 Å². The molecular formula is C20H20N2O2. The third-order valence-electron chi connectivity index (χ3n) is 3.85. The lowest BCUT2D eigenvalue weighted by atomic mass is 10.1. The molecule has 0 fully saturated rings. The zero-order chi connectivity index (χ0) is 17.1. The summed E-state index contributed by atoms with van der Waals surface area (Å²) in [5.41, 5.74) is 3.47. The molecule has 1 amide bonds. The average molecular weight is 320 g/mol. The van der Waals surface area contributed by atoms with E-state index < -0.39 is 0 Å². The van der Waals surface area contributed by atoms with Crippen molar-refractivity contribution in [2.24, 2.45) is 5.92 Å². The molecule has 1 heterocycles. The van der Waals surface area contributed by atoms with Crippen molar-refractivity contribution < 1.29 is 9.53 Å². The van der Waals surface area contributed by atoms with E-state index in [4.69, 9.17) is 9.72 Å². The highest BCUT2D eigenvalue weighted by Crippen LogP contribution is 2.31. The highest BCUT2D eigenvalue weighted by molar-refractivity contribution is 5.96. The number of carbonyl (C=O) groups is 1. The first-order chi connectivity index (χ1) is 11.6. The maximum atomic E-state index is 11.9. The second-order valence-corrected chi connectivity index (χ2v) is 5.95. The van der Waals surface area contributed by atoms with Gasteiger partial charge in [-0.05, 0) is 18.2 Å². The maximum Gasteiger partial charge on any atom is 0.226 e. The van der Waals surface area contributed by atoms with E-state index in [1.165, 1.54) is 0 Å². The van der Waals surface area contributed by atoms with E-state index in [9.17, 15) is 4.79 Å². The van der Waals surface area contributed by atoms with Gasteiger partial charge in [0.2, 0.25) is 5.91 Å². The maximum absolute atomic E-state index is 11.9. The van der Waals surface area contributed by atoms with Gasteiger partial charge in [-0.3, -0.25) is 4.79 Å². The SMILES string of the molecule is COc1cc(-c2ccccc2)nc2ccc(NC(=O)C(C)C)cc12. The van der Waals surface area contributed by atoms with Gasteiger partial charge in [0.25, 0.3) is 0 Å². The van der Waals surface area contributed by atoms with Gasteiger partial charge >= 0.3 is 0 Å². The average Bonchev–Trinajstić information content (AvgIpc) is 2.61. The van der Waals surface area contributed by atoms with Crippen LogP contribution in [0.2, 0.25) is 0 Å². The van der Waals surface area contributed by atoms with Crippen LogP contribution >= 0.6 is 0 Å². The quantitative estimate of drug-likeness (QED) is 0.770. The lowest BCUT2D eigenvalue weighted by molar-refractivity contribution is -0.118. The van der Waals surface area contributed by atoms with Crippen molar-refractivity contribution in [3.63, 3.8) is 0 Å². The van der Waals surface area contributed by atoms with Gasteiger partial charge in [0, 0.05) is 28.6 Å². The monoisotopic (exact) mass is 320 g/mol. The molecule has 1 aromatic heterocycles. The van der Waals surface area contributed by atoms with Crippen molar-refractivity contribution in [1.29, 1.82) is 0 Å². The van der Waals surface area contributed by atoms with Crippen molar-refractivity contribution >= 4 is 22.5 Å². The van der Waals surface area contributed by atoms with Gasteiger partial charge in [0.05, 0.1) is 18.3 Å². The van der Waals surface area contributed by atoms with Crippen LogP contribution in [0.3, 0.4) is 0 Å². The van der Waals surface area contributed by atoms with E-state index >= 15 is 0 Å². The zero-order valence-corrected chi connectivity index (χ0v) is 14.0. The molecule has 1 N–H and O–H groups in total. The van der Waals surface area contributed by atoms with Crippen LogP contribution < -0.4 is 10.1 Å². The van der Waals surface area contributed by atoms with Gasteiger partial charge in [-0.25, -0.2) is 4.98 Å². The molecule has 0 saturated carbocycles. The van der Waals surface area contributed by atoms with Crippen LogP contribution in [-0.4, -0.2) is 18.0 Å². The number of methoxy groups -OCH3 is 1. The number of pyridine rings is 1. The summed E-state index contributed by atoms with van der Waals surface area (Å²) in [6, 6.07) is 17.6. The van der Waals surface area contributed by atoms with E-state index in [-0.39, 0.29) is 11.8 Å². The number of aromatic nitrogens is 1. The first-order valence-corrected chi connectivity index (χ1v) is 7.93. The smallest absolute Gasteiger partial charge is 0.226 e. The molecule has 3 rings (SSSR count). The van der Waals surface area contributed by atoms with Gasteiger partial charge in [-0.15, -0.1) is 0 Å². The summed E-state index contributed by atoms with van der Waals surface area (Å²) in [5, 5.41) is 3.78. The molecule has 2 aromatic carbocycles. The Morgan fingerprint density at radius 1 is 1.08 bits per heavy atom. The Labute approximate surface area is 141 Å². The third-order valence-corrected chi connectivity index (χ3v) is 3.85. The Morgan fingerprint density at radius 2 is 1.83 bits per heavy atom. The minimum absolute atomic E-state index is 0.0119. The Bertz CT molecular complexity index is 873. The summed E-state index contributed by atoms with van der Waals surface area (Å²) < 4.78 is 5.54. The zero-order valence-electron chi connectivity index (χ0n) is 14.0. The van der Waals surface area contributed by atoms with Gasteiger partial charge in [-0.2, -0.15) is 0 Å². The molecule has 24 heavy (non-hydrogen) atoms. The van der Waals surface area contributed by atoms with Crippen molar-refractivity contribution in [3.8, 4) is 17.0 Å². The lowest BCUT2D eigenvalue weighted by Gasteiger charge is -2.12. The molecule has 0 aliphatic heterocycles. The topological polar surface area (TPSA) is 51.2 Å². The fourth-order valence-corrected chi connectivity index (χ4v) is 2.48. The molecule has 0 aliphatic carbocycles. The highest BCUT2D eigenvalue weighted by atomic mass is 16.5. The van der Waals surface area contributed by atoms with E-state index in [1.54, 1.807) is 7.11 Å². The summed E-state index contributed by atoms with van der Waals surface area (Å²) in [6.07, 6.45) is 0. The van der Waals surface area contributed by atoms with Gasteiger partial charge in [0.15, 0.2) is 0 Å². The molecule has 0 spiro atoms. The van der Waals surface area contributed by atoms with Crippen molar-refractivity contribution in [2.75, 3.05) is 12.4 Å². The van der Waals surface area contributed by atoms with Crippen LogP contribution in [0, 0.1) is 5.92 Å². The van der Waals surface area contributed by atoms with E-state index in [0.29, 0.717) is 0 Å². The summed E-state index contributed by atoms with van der Waals surface area (Å²) >= 11 is 0. The number of carbonyl (C=O) groups excluding carboxylic acids is 1. The third kappa shape index (κ3) is 3.23. The summed E-state index contributed by atoms with van der Waals surface area (Å²) in [6.45, 7) is 3.73. The number of benzene rings is 2. The molecule has 122 valence electrons. The van der Waals surface area contributed by atoms with Gasteiger partial charge < -0.3 is 10.1 Å². The van der Waals surface area contributed by atoms with Crippen LogP contribution in [0.4, 0.5) is 5.69 Å². The minimum Gasteiger partial charge on any atom is -0.496 e. The first-order valence-electron chi connectivity index (χ1n) is 7.93. The fourth-order valence-electron chi connectivity index (χ4n) is 2.48. The Hall–Kier alpha value is -2.88. The minimum atomic E-state index is -0.0684. The largest absolute Gasteiger partial charge is 0.496 e. The van der Waals surface area contributed by atoms with Crippen molar-refractivity contribution in [2.45, 2.75) is 13.8 Å². The Morgan fingerprint density at radius 3 is 2.50 bits per heavy atom. The second-order valence-electron chi connectivity index (χ2n) is 5.95. The number of rotatable bonds is 4. The molecule has 4 nitrogen and oxygen atoms in total. The molecule has 0 bridgehead atoms. The molecule has 0 radical (unpaired) electrons. The van der Waals surface area contributed by atoms with Crippen molar-refractivity contribution in [3.05, 3.63) is 54.6 Å². The molecule has 0 atom stereocenters. The number of nitrogens with zero attached hydrogens (tertiary/aromatic N) is 1. The van der Waals surface area contributed by atoms with Crippen LogP contribution in [0.1, 0.15) is 13.8 Å². The number of hydrogen-bond donors (Lipinski definition) is 1. The fraction of sp³-hybridized carbons (Fsp3) is 0.200. The second kappa shape index (κ2) is 6.71. The van der Waals surface area contributed by atoms with E-state index in [1.807, 2.05) is 68.4 Å². The number of anilines is 1. The molecular weight excluding hydrogens is 300 g/mol. The Kier molecular flexibility index (Phi) is 4.47. The Balaban J connectivity index is 2.06. The number of amides is 1. The summed E-state index contributed by atoms with van der Waals surface area (Å²) in [4.78, 5) is 16.6. The molecule has 4 heteroatoms. The number of nitrogens with one attached hydrogen (secondary N) is 1. The summed E-state index contributed by atoms with van der Waals surface area (Å²) in [7, 11) is 1.64. The normalized spacial score (nSPS) is 10.8. The van der Waals surface area contributed by atoms with E-state index in [0.717, 1.165) is 33.6 Å². The van der Waals surface area contributed by atoms with Crippen LogP contribution in [-0.2, 0) is 4.79 Å². The molecule has 3 aromatic rings. The molecule has 0 aliphatic rings. The lowest BCUT2D eigenvalue weighted by Crippen LogP contribution is -2.17. The molecule has 0 unspecified atom stereocenters. The molecule has 0 saturated heterocycles. The number of fused-ring (bicyclic) bond motifs is 1. The highest BCUT2D eigenvalue weighted by Gasteiger charge is 2.11. The van der Waals surface area contributed by atoms with Crippen LogP contribution in [0.5, 0.6) is 5.75 Å². The standard InChI is InChI=1S/C20H20N2O2/c1-13(2)20(23)21-15-9-10-17-16(11-15)19(24-3)12-18(22-17)14-7-5-4-6-8-14/h4-13H,1-3H3,(H,21,23). The van der Waals surface area contributed by atoms with Crippen LogP contribution in [0.15, 0.2) is 54.6 Å². The van der Waals surface area contributed by atoms with Gasteiger partial charge in [-0.1, -0.05) is 44.2 Å². The van der Waals surface area contributed by atoms with E-state index in [2.05, 4.69) is 5.32 Å². The summed E-state index contributed by atoms with van der Waals surface area (Å²) in [5.74, 6) is 0.655. The van der Waals surface area contributed by atoms with Crippen molar-refractivity contribution in [1.82, 2.24) is 4.98 Å².